The molecule has 2 aromatic heterocycles. The molecular weight excluding hydrogens is 270 g/mol. The lowest BCUT2D eigenvalue weighted by atomic mass is 10.3. The summed E-state index contributed by atoms with van der Waals surface area (Å²) in [6.07, 6.45) is 0. The molecule has 0 fully saturated rings. The third-order valence-corrected chi connectivity index (χ3v) is 4.17. The van der Waals surface area contributed by atoms with Crippen LogP contribution in [0.25, 0.3) is 11.0 Å². The molecule has 2 heterocycles. The summed E-state index contributed by atoms with van der Waals surface area (Å²) in [5, 5.41) is 4.89. The summed E-state index contributed by atoms with van der Waals surface area (Å²) in [6, 6.07) is 11.5. The zero-order valence-electron chi connectivity index (χ0n) is 11.3. The van der Waals surface area contributed by atoms with Crippen LogP contribution in [-0.4, -0.2) is 15.5 Å². The van der Waals surface area contributed by atoms with Crippen LogP contribution in [0.4, 0.5) is 0 Å². The van der Waals surface area contributed by atoms with Crippen molar-refractivity contribution in [2.45, 2.75) is 13.0 Å². The van der Waals surface area contributed by atoms with Crippen LogP contribution >= 0.6 is 11.3 Å². The predicted molar refractivity (Wildman–Crippen MR) is 80.9 cm³/mol. The van der Waals surface area contributed by atoms with Crippen molar-refractivity contribution in [2.75, 3.05) is 0 Å². The Kier molecular flexibility index (Phi) is 3.28. The van der Waals surface area contributed by atoms with Gasteiger partial charge >= 0.3 is 0 Å². The molecule has 4 nitrogen and oxygen atoms in total. The number of amides is 1. The zero-order valence-corrected chi connectivity index (χ0v) is 12.1. The second kappa shape index (κ2) is 5.09. The number of carbonyl (C=O) groups excluding carboxylic acids is 1. The predicted octanol–water partition coefficient (Wildman–Crippen LogP) is 3.13. The Hall–Kier alpha value is -2.14. The quantitative estimate of drug-likeness (QED) is 0.803. The molecule has 5 heteroatoms. The molecule has 0 radical (unpaired) electrons. The van der Waals surface area contributed by atoms with Crippen LogP contribution in [0, 0.1) is 0 Å². The van der Waals surface area contributed by atoms with Crippen molar-refractivity contribution in [1.82, 2.24) is 14.9 Å². The van der Waals surface area contributed by atoms with Gasteiger partial charge in [-0.1, -0.05) is 18.2 Å². The Morgan fingerprint density at radius 3 is 2.80 bits per heavy atom. The van der Waals surface area contributed by atoms with Gasteiger partial charge in [0.15, 0.2) is 0 Å². The van der Waals surface area contributed by atoms with E-state index in [9.17, 15) is 4.79 Å². The van der Waals surface area contributed by atoms with Crippen molar-refractivity contribution in [3.05, 3.63) is 52.5 Å². The molecular formula is C15H15N3OS. The summed E-state index contributed by atoms with van der Waals surface area (Å²) in [5.41, 5.74) is 2.02. The molecule has 0 bridgehead atoms. The highest BCUT2D eigenvalue weighted by atomic mass is 32.1. The van der Waals surface area contributed by atoms with Crippen LogP contribution < -0.4 is 5.32 Å². The van der Waals surface area contributed by atoms with Crippen molar-refractivity contribution in [3.63, 3.8) is 0 Å². The van der Waals surface area contributed by atoms with Crippen LogP contribution in [0.15, 0.2) is 41.8 Å². The van der Waals surface area contributed by atoms with Crippen LogP contribution in [-0.2, 0) is 7.05 Å². The number of thiophene rings is 1. The van der Waals surface area contributed by atoms with Crippen LogP contribution in [0.2, 0.25) is 0 Å². The lowest BCUT2D eigenvalue weighted by Gasteiger charge is -2.13. The minimum absolute atomic E-state index is 0.0560. The Bertz CT molecular complexity index is 746. The van der Waals surface area contributed by atoms with E-state index >= 15 is 0 Å². The molecule has 1 atom stereocenters. The minimum atomic E-state index is -0.137. The molecule has 1 N–H and O–H groups in total. The molecule has 3 rings (SSSR count). The van der Waals surface area contributed by atoms with E-state index in [-0.39, 0.29) is 11.9 Å². The fourth-order valence-electron chi connectivity index (χ4n) is 2.29. The molecule has 1 amide bonds. The summed E-state index contributed by atoms with van der Waals surface area (Å²) in [4.78, 5) is 17.4. The maximum Gasteiger partial charge on any atom is 0.261 e. The second-order valence-corrected chi connectivity index (χ2v) is 5.64. The first-order chi connectivity index (χ1) is 9.66. The van der Waals surface area contributed by atoms with Gasteiger partial charge in [-0.25, -0.2) is 4.98 Å². The minimum Gasteiger partial charge on any atom is -0.342 e. The lowest BCUT2D eigenvalue weighted by molar-refractivity contribution is 0.0942. The number of imidazole rings is 1. The van der Waals surface area contributed by atoms with Gasteiger partial charge in [-0.3, -0.25) is 4.79 Å². The lowest BCUT2D eigenvalue weighted by Crippen LogP contribution is -2.27. The summed E-state index contributed by atoms with van der Waals surface area (Å²) in [6.45, 7) is 1.95. The van der Waals surface area contributed by atoms with Crippen LogP contribution in [0.1, 0.15) is 28.5 Å². The molecule has 1 unspecified atom stereocenters. The average Bonchev–Trinajstić information content (AvgIpc) is 3.07. The number of nitrogens with zero attached hydrogens (tertiary/aromatic N) is 2. The standard InChI is InChI=1S/C15H15N3OS/c1-10(16-15(19)13-8-5-9-20-13)14-17-11-6-3-4-7-12(11)18(14)2/h3-10H,1-2H3,(H,16,19). The summed E-state index contributed by atoms with van der Waals surface area (Å²) in [7, 11) is 1.97. The molecule has 0 saturated carbocycles. The van der Waals surface area contributed by atoms with Crippen molar-refractivity contribution in [2.24, 2.45) is 7.05 Å². The van der Waals surface area contributed by atoms with Gasteiger partial charge < -0.3 is 9.88 Å². The maximum atomic E-state index is 12.1. The van der Waals surface area contributed by atoms with Gasteiger partial charge in [0.2, 0.25) is 0 Å². The summed E-state index contributed by atoms with van der Waals surface area (Å²) >= 11 is 1.44. The van der Waals surface area contributed by atoms with Gasteiger partial charge in [0.25, 0.3) is 5.91 Å². The fraction of sp³-hybridized carbons (Fsp3) is 0.200. The average molecular weight is 285 g/mol. The van der Waals surface area contributed by atoms with Crippen LogP contribution in [0.3, 0.4) is 0 Å². The van der Waals surface area contributed by atoms with E-state index < -0.39 is 0 Å². The number of aryl methyl sites for hydroxylation is 1. The normalized spacial score (nSPS) is 12.5. The van der Waals surface area contributed by atoms with Gasteiger partial charge in [0.1, 0.15) is 5.82 Å². The highest BCUT2D eigenvalue weighted by molar-refractivity contribution is 7.12. The SMILES string of the molecule is CC(NC(=O)c1cccs1)c1nc2ccccc2n1C. The molecule has 3 aromatic rings. The molecule has 0 spiro atoms. The van der Waals surface area contributed by atoms with Gasteiger partial charge in [-0.15, -0.1) is 11.3 Å². The summed E-state index contributed by atoms with van der Waals surface area (Å²) < 4.78 is 2.02. The second-order valence-electron chi connectivity index (χ2n) is 4.69. The van der Waals surface area contributed by atoms with Gasteiger partial charge in [0.05, 0.1) is 22.0 Å². The Morgan fingerprint density at radius 1 is 1.30 bits per heavy atom. The first-order valence-electron chi connectivity index (χ1n) is 6.42. The van der Waals surface area contributed by atoms with E-state index in [4.69, 9.17) is 0 Å². The monoisotopic (exact) mass is 285 g/mol. The molecule has 0 aliphatic carbocycles. The zero-order chi connectivity index (χ0) is 14.1. The topological polar surface area (TPSA) is 46.9 Å². The third kappa shape index (κ3) is 2.20. The van der Waals surface area contributed by atoms with Crippen molar-refractivity contribution in [1.29, 1.82) is 0 Å². The molecule has 0 aliphatic heterocycles. The van der Waals surface area contributed by atoms with Crippen molar-refractivity contribution < 1.29 is 4.79 Å². The number of aromatic nitrogens is 2. The van der Waals surface area contributed by atoms with Gasteiger partial charge in [-0.05, 0) is 30.5 Å². The highest BCUT2D eigenvalue weighted by Crippen LogP contribution is 2.20. The fourth-order valence-corrected chi connectivity index (χ4v) is 2.92. The molecule has 20 heavy (non-hydrogen) atoms. The first kappa shape index (κ1) is 12.9. The molecule has 0 aliphatic rings. The number of hydrogen-bond donors (Lipinski definition) is 1. The van der Waals surface area contributed by atoms with Crippen molar-refractivity contribution in [3.8, 4) is 0 Å². The van der Waals surface area contributed by atoms with E-state index in [1.807, 2.05) is 60.3 Å². The largest absolute Gasteiger partial charge is 0.342 e. The van der Waals surface area contributed by atoms with Crippen molar-refractivity contribution >= 4 is 28.3 Å². The number of rotatable bonds is 3. The number of para-hydroxylation sites is 2. The molecule has 1 aromatic carbocycles. The summed E-state index contributed by atoms with van der Waals surface area (Å²) in [5.74, 6) is 0.802. The van der Waals surface area contributed by atoms with Gasteiger partial charge in [0, 0.05) is 7.05 Å². The highest BCUT2D eigenvalue weighted by Gasteiger charge is 2.17. The third-order valence-electron chi connectivity index (χ3n) is 3.30. The maximum absolute atomic E-state index is 12.1. The van der Waals surface area contributed by atoms with E-state index in [0.717, 1.165) is 21.7 Å². The van der Waals surface area contributed by atoms with E-state index in [1.165, 1.54) is 11.3 Å². The Morgan fingerprint density at radius 2 is 2.10 bits per heavy atom. The van der Waals surface area contributed by atoms with E-state index in [1.54, 1.807) is 0 Å². The number of benzene rings is 1. The first-order valence-corrected chi connectivity index (χ1v) is 7.30. The van der Waals surface area contributed by atoms with E-state index in [0.29, 0.717) is 0 Å². The van der Waals surface area contributed by atoms with Gasteiger partial charge in [-0.2, -0.15) is 0 Å². The smallest absolute Gasteiger partial charge is 0.261 e. The van der Waals surface area contributed by atoms with E-state index in [2.05, 4.69) is 10.3 Å². The number of hydrogen-bond acceptors (Lipinski definition) is 3. The molecule has 0 saturated heterocycles. The number of nitrogens with one attached hydrogen (secondary N) is 1. The Balaban J connectivity index is 1.87. The Labute approximate surface area is 121 Å². The number of fused-ring (bicyclic) bond motifs is 1. The van der Waals surface area contributed by atoms with Crippen LogP contribution in [0.5, 0.6) is 0 Å². The number of carbonyl (C=O) groups is 1. The molecule has 102 valence electrons.